The van der Waals surface area contributed by atoms with E-state index in [1.165, 1.54) is 38.8 Å². The van der Waals surface area contributed by atoms with Gasteiger partial charge in [-0.25, -0.2) is 0 Å². The highest BCUT2D eigenvalue weighted by Gasteiger charge is 2.39. The van der Waals surface area contributed by atoms with Crippen molar-refractivity contribution in [2.24, 2.45) is 5.41 Å². The van der Waals surface area contributed by atoms with Gasteiger partial charge in [-0.3, -0.25) is 4.90 Å². The molecule has 0 bridgehead atoms. The average Bonchev–Trinajstić information content (AvgIpc) is 2.37. The Morgan fingerprint density at radius 3 is 2.67 bits per heavy atom. The lowest BCUT2D eigenvalue weighted by molar-refractivity contribution is 0.0476. The van der Waals surface area contributed by atoms with E-state index >= 15 is 0 Å². The zero-order valence-electron chi connectivity index (χ0n) is 12.1. The Morgan fingerprint density at radius 1 is 1.28 bits per heavy atom. The van der Waals surface area contributed by atoms with E-state index in [2.05, 4.69) is 30.1 Å². The molecule has 3 nitrogen and oxygen atoms in total. The summed E-state index contributed by atoms with van der Waals surface area (Å²) in [5.41, 5.74) is 0.176. The van der Waals surface area contributed by atoms with Gasteiger partial charge in [0.05, 0.1) is 6.07 Å². The molecule has 2 rings (SSSR count). The highest BCUT2D eigenvalue weighted by Crippen LogP contribution is 2.35. The lowest BCUT2D eigenvalue weighted by Gasteiger charge is -2.46. The predicted molar refractivity (Wildman–Crippen MR) is 74.2 cm³/mol. The Balaban J connectivity index is 2.03. The van der Waals surface area contributed by atoms with Crippen LogP contribution in [-0.2, 0) is 0 Å². The molecule has 1 heterocycles. The minimum atomic E-state index is -0.273. The highest BCUT2D eigenvalue weighted by molar-refractivity contribution is 5.10. The molecule has 1 N–H and O–H groups in total. The Bertz CT molecular complexity index is 331. The minimum Gasteiger partial charge on any atom is -0.302 e. The highest BCUT2D eigenvalue weighted by atomic mass is 15.2. The number of hydrogen-bond acceptors (Lipinski definition) is 3. The largest absolute Gasteiger partial charge is 0.302 e. The summed E-state index contributed by atoms with van der Waals surface area (Å²) in [7, 11) is 1.94. The van der Waals surface area contributed by atoms with Crippen molar-refractivity contribution in [1.29, 1.82) is 5.26 Å². The third-order valence-electron chi connectivity index (χ3n) is 4.86. The fraction of sp³-hybridized carbons (Fsp3) is 0.933. The van der Waals surface area contributed by atoms with Crippen LogP contribution in [0.1, 0.15) is 52.4 Å². The van der Waals surface area contributed by atoms with Crippen molar-refractivity contribution < 1.29 is 0 Å². The Labute approximate surface area is 112 Å². The molecule has 2 aliphatic rings. The average molecular weight is 249 g/mol. The molecule has 1 saturated carbocycles. The number of nitrogens with one attached hydrogen (secondary N) is 1. The van der Waals surface area contributed by atoms with Crippen LogP contribution in [0.5, 0.6) is 0 Å². The summed E-state index contributed by atoms with van der Waals surface area (Å²) >= 11 is 0. The van der Waals surface area contributed by atoms with Crippen molar-refractivity contribution in [2.45, 2.75) is 64.0 Å². The standard InChI is InChI=1S/C15H27N3/c1-14(2)7-5-9-18(12-14)13-6-4-8-15(10-13,11-16)17-3/h13,17H,4-10,12H2,1-3H3. The van der Waals surface area contributed by atoms with E-state index in [0.29, 0.717) is 11.5 Å². The molecule has 2 fully saturated rings. The lowest BCUT2D eigenvalue weighted by Crippen LogP contribution is -2.54. The van der Waals surface area contributed by atoms with Crippen LogP contribution in [0.15, 0.2) is 0 Å². The van der Waals surface area contributed by atoms with Crippen molar-refractivity contribution in [3.63, 3.8) is 0 Å². The molecule has 2 atom stereocenters. The molecule has 18 heavy (non-hydrogen) atoms. The zero-order chi connectivity index (χ0) is 13.2. The van der Waals surface area contributed by atoms with Crippen molar-refractivity contribution >= 4 is 0 Å². The number of hydrogen-bond donors (Lipinski definition) is 1. The first-order valence-corrected chi connectivity index (χ1v) is 7.34. The van der Waals surface area contributed by atoms with Gasteiger partial charge in [-0.1, -0.05) is 13.8 Å². The second-order valence-corrected chi connectivity index (χ2v) is 6.93. The normalized spacial score (nSPS) is 37.1. The van der Waals surface area contributed by atoms with Gasteiger partial charge < -0.3 is 5.32 Å². The maximum Gasteiger partial charge on any atom is 0.108 e. The van der Waals surface area contributed by atoms with E-state index < -0.39 is 0 Å². The van der Waals surface area contributed by atoms with Gasteiger partial charge in [0.15, 0.2) is 0 Å². The summed E-state index contributed by atoms with van der Waals surface area (Å²) < 4.78 is 0. The number of nitriles is 1. The SMILES string of the molecule is CNC1(C#N)CCCC(N2CCCC(C)(C)C2)C1. The van der Waals surface area contributed by atoms with Crippen LogP contribution >= 0.6 is 0 Å². The van der Waals surface area contributed by atoms with E-state index in [-0.39, 0.29) is 5.54 Å². The number of nitrogens with zero attached hydrogens (tertiary/aromatic N) is 2. The van der Waals surface area contributed by atoms with Crippen molar-refractivity contribution in [3.8, 4) is 6.07 Å². The van der Waals surface area contributed by atoms with Gasteiger partial charge in [-0.15, -0.1) is 0 Å². The fourth-order valence-corrected chi connectivity index (χ4v) is 3.72. The van der Waals surface area contributed by atoms with E-state index in [4.69, 9.17) is 0 Å². The van der Waals surface area contributed by atoms with Crippen LogP contribution < -0.4 is 5.32 Å². The van der Waals surface area contributed by atoms with Crippen LogP contribution in [0.25, 0.3) is 0 Å². The van der Waals surface area contributed by atoms with E-state index in [1.807, 2.05) is 7.05 Å². The number of likely N-dealkylation sites (tertiary alicyclic amines) is 1. The first-order valence-electron chi connectivity index (χ1n) is 7.34. The second kappa shape index (κ2) is 5.19. The third kappa shape index (κ3) is 2.87. The molecular weight excluding hydrogens is 222 g/mol. The lowest BCUT2D eigenvalue weighted by atomic mass is 9.77. The van der Waals surface area contributed by atoms with Gasteiger partial charge in [0.25, 0.3) is 0 Å². The fourth-order valence-electron chi connectivity index (χ4n) is 3.72. The maximum absolute atomic E-state index is 9.43. The summed E-state index contributed by atoms with van der Waals surface area (Å²) in [6, 6.07) is 3.12. The summed E-state index contributed by atoms with van der Waals surface area (Å²) in [6.45, 7) is 7.16. The molecule has 3 heteroatoms. The van der Waals surface area contributed by atoms with Gasteiger partial charge in [0, 0.05) is 12.6 Å². The molecule has 0 aromatic carbocycles. The van der Waals surface area contributed by atoms with Gasteiger partial charge in [-0.05, 0) is 57.5 Å². The zero-order valence-corrected chi connectivity index (χ0v) is 12.1. The molecule has 0 spiro atoms. The summed E-state index contributed by atoms with van der Waals surface area (Å²) in [4.78, 5) is 2.64. The van der Waals surface area contributed by atoms with Crippen LogP contribution in [0.2, 0.25) is 0 Å². The second-order valence-electron chi connectivity index (χ2n) is 6.93. The van der Waals surface area contributed by atoms with Gasteiger partial charge in [0.1, 0.15) is 5.54 Å². The van der Waals surface area contributed by atoms with Gasteiger partial charge in [0.2, 0.25) is 0 Å². The van der Waals surface area contributed by atoms with E-state index in [0.717, 1.165) is 12.8 Å². The Hall–Kier alpha value is -0.590. The molecule has 0 radical (unpaired) electrons. The quantitative estimate of drug-likeness (QED) is 0.817. The minimum absolute atomic E-state index is 0.273. The molecule has 0 aromatic rings. The van der Waals surface area contributed by atoms with Gasteiger partial charge in [-0.2, -0.15) is 5.26 Å². The van der Waals surface area contributed by atoms with Crippen LogP contribution in [0, 0.1) is 16.7 Å². The monoisotopic (exact) mass is 249 g/mol. The molecule has 1 aliphatic heterocycles. The molecule has 1 saturated heterocycles. The molecule has 0 amide bonds. The molecular formula is C15H27N3. The summed E-state index contributed by atoms with van der Waals surface area (Å²) in [5.74, 6) is 0. The van der Waals surface area contributed by atoms with Crippen LogP contribution in [0.4, 0.5) is 0 Å². The number of piperidine rings is 1. The molecule has 1 aliphatic carbocycles. The third-order valence-corrected chi connectivity index (χ3v) is 4.86. The van der Waals surface area contributed by atoms with E-state index in [9.17, 15) is 5.26 Å². The molecule has 2 unspecified atom stereocenters. The smallest absolute Gasteiger partial charge is 0.108 e. The summed E-state index contributed by atoms with van der Waals surface area (Å²) in [5, 5.41) is 12.7. The predicted octanol–water partition coefficient (Wildman–Crippen LogP) is 2.53. The van der Waals surface area contributed by atoms with Crippen molar-refractivity contribution in [2.75, 3.05) is 20.1 Å². The van der Waals surface area contributed by atoms with E-state index in [1.54, 1.807) is 0 Å². The molecule has 0 aromatic heterocycles. The van der Waals surface area contributed by atoms with Gasteiger partial charge >= 0.3 is 0 Å². The van der Waals surface area contributed by atoms with Crippen LogP contribution in [-0.4, -0.2) is 36.6 Å². The maximum atomic E-state index is 9.43. The van der Waals surface area contributed by atoms with Crippen molar-refractivity contribution in [1.82, 2.24) is 10.2 Å². The first kappa shape index (κ1) is 13.8. The Morgan fingerprint density at radius 2 is 2.06 bits per heavy atom. The van der Waals surface area contributed by atoms with Crippen molar-refractivity contribution in [3.05, 3.63) is 0 Å². The Kier molecular flexibility index (Phi) is 3.99. The summed E-state index contributed by atoms with van der Waals surface area (Å²) in [6.07, 6.45) is 7.09. The number of rotatable bonds is 2. The van der Waals surface area contributed by atoms with Crippen LogP contribution in [0.3, 0.4) is 0 Å². The topological polar surface area (TPSA) is 39.1 Å². The molecule has 102 valence electrons. The first-order chi connectivity index (χ1) is 8.50.